The van der Waals surface area contributed by atoms with Crippen LogP contribution >= 0.6 is 0 Å². The predicted molar refractivity (Wildman–Crippen MR) is 78.8 cm³/mol. The number of para-hydroxylation sites is 1. The molecule has 20 heavy (non-hydrogen) atoms. The molecule has 1 unspecified atom stereocenters. The highest BCUT2D eigenvalue weighted by atomic mass is 16.5. The van der Waals surface area contributed by atoms with Crippen molar-refractivity contribution in [3.63, 3.8) is 0 Å². The number of ether oxygens (including phenoxy) is 2. The molecule has 0 aliphatic carbocycles. The van der Waals surface area contributed by atoms with Gasteiger partial charge in [-0.05, 0) is 51.9 Å². The lowest BCUT2D eigenvalue weighted by molar-refractivity contribution is 0.100. The van der Waals surface area contributed by atoms with Gasteiger partial charge in [-0.3, -0.25) is 4.79 Å². The molecule has 110 valence electrons. The highest BCUT2D eigenvalue weighted by molar-refractivity contribution is 5.97. The normalized spacial score (nSPS) is 20.2. The van der Waals surface area contributed by atoms with Crippen LogP contribution in [0.1, 0.15) is 36.5 Å². The maximum absolute atomic E-state index is 11.8. The molecule has 0 amide bonds. The average Bonchev–Trinajstić information content (AvgIpc) is 2.63. The topological polar surface area (TPSA) is 38.8 Å². The van der Waals surface area contributed by atoms with Gasteiger partial charge in [0.25, 0.3) is 0 Å². The van der Waals surface area contributed by atoms with E-state index >= 15 is 0 Å². The maximum atomic E-state index is 11.8. The fourth-order valence-corrected chi connectivity index (χ4v) is 2.57. The lowest BCUT2D eigenvalue weighted by Gasteiger charge is -2.20. The van der Waals surface area contributed by atoms with Gasteiger partial charge in [-0.25, -0.2) is 0 Å². The van der Waals surface area contributed by atoms with E-state index < -0.39 is 0 Å². The Morgan fingerprint density at radius 3 is 2.80 bits per heavy atom. The van der Waals surface area contributed by atoms with Crippen LogP contribution in [0.5, 0.6) is 11.5 Å². The smallest absolute Gasteiger partial charge is 0.172 e. The van der Waals surface area contributed by atoms with Gasteiger partial charge in [-0.2, -0.15) is 0 Å². The van der Waals surface area contributed by atoms with Crippen LogP contribution in [0.3, 0.4) is 0 Å². The SMILES string of the molecule is COc1cccc(C(C)=O)c1OC1CCCN(C)CC1. The van der Waals surface area contributed by atoms with Crippen LogP contribution in [-0.4, -0.2) is 44.0 Å². The van der Waals surface area contributed by atoms with Crippen molar-refractivity contribution >= 4 is 5.78 Å². The fourth-order valence-electron chi connectivity index (χ4n) is 2.57. The Morgan fingerprint density at radius 1 is 1.30 bits per heavy atom. The molecule has 0 saturated carbocycles. The van der Waals surface area contributed by atoms with E-state index in [1.165, 1.54) is 0 Å². The van der Waals surface area contributed by atoms with Gasteiger partial charge >= 0.3 is 0 Å². The number of ketones is 1. The van der Waals surface area contributed by atoms with Crippen molar-refractivity contribution in [2.24, 2.45) is 0 Å². The quantitative estimate of drug-likeness (QED) is 0.793. The molecule has 0 bridgehead atoms. The molecule has 1 aromatic rings. The molecular weight excluding hydrogens is 254 g/mol. The van der Waals surface area contributed by atoms with E-state index in [0.29, 0.717) is 17.1 Å². The van der Waals surface area contributed by atoms with E-state index in [2.05, 4.69) is 11.9 Å². The molecule has 4 heteroatoms. The van der Waals surface area contributed by atoms with Crippen LogP contribution in [0.4, 0.5) is 0 Å². The zero-order chi connectivity index (χ0) is 14.5. The number of carbonyl (C=O) groups is 1. The summed E-state index contributed by atoms with van der Waals surface area (Å²) in [5, 5.41) is 0. The first-order chi connectivity index (χ1) is 9.61. The minimum atomic E-state index is 0.00430. The summed E-state index contributed by atoms with van der Waals surface area (Å²) in [6.07, 6.45) is 3.26. The van der Waals surface area contributed by atoms with Crippen molar-refractivity contribution in [1.82, 2.24) is 4.90 Å². The minimum absolute atomic E-state index is 0.00430. The Labute approximate surface area is 120 Å². The number of methoxy groups -OCH3 is 1. The van der Waals surface area contributed by atoms with Crippen molar-refractivity contribution in [3.8, 4) is 11.5 Å². The van der Waals surface area contributed by atoms with Crippen molar-refractivity contribution in [2.45, 2.75) is 32.3 Å². The lowest BCUT2D eigenvalue weighted by Crippen LogP contribution is -2.22. The molecule has 2 rings (SSSR count). The molecule has 1 aliphatic rings. The summed E-state index contributed by atoms with van der Waals surface area (Å²) >= 11 is 0. The Hall–Kier alpha value is -1.55. The van der Waals surface area contributed by atoms with E-state index in [9.17, 15) is 4.79 Å². The van der Waals surface area contributed by atoms with Crippen LogP contribution in [0, 0.1) is 0 Å². The number of carbonyl (C=O) groups excluding carboxylic acids is 1. The van der Waals surface area contributed by atoms with Crippen LogP contribution in [-0.2, 0) is 0 Å². The minimum Gasteiger partial charge on any atom is -0.493 e. The molecular formula is C16H23NO3. The third-order valence-electron chi connectivity index (χ3n) is 3.76. The van der Waals surface area contributed by atoms with Gasteiger partial charge in [0, 0.05) is 6.54 Å². The zero-order valence-corrected chi connectivity index (χ0v) is 12.5. The number of nitrogens with zero attached hydrogens (tertiary/aromatic N) is 1. The summed E-state index contributed by atoms with van der Waals surface area (Å²) in [4.78, 5) is 14.1. The van der Waals surface area contributed by atoms with E-state index in [4.69, 9.17) is 9.47 Å². The molecule has 0 radical (unpaired) electrons. The summed E-state index contributed by atoms with van der Waals surface area (Å²) in [5.74, 6) is 1.23. The summed E-state index contributed by atoms with van der Waals surface area (Å²) < 4.78 is 11.5. The molecule has 1 aromatic carbocycles. The van der Waals surface area contributed by atoms with Gasteiger partial charge in [0.15, 0.2) is 17.3 Å². The second kappa shape index (κ2) is 6.75. The van der Waals surface area contributed by atoms with Crippen molar-refractivity contribution in [3.05, 3.63) is 23.8 Å². The molecule has 1 atom stereocenters. The predicted octanol–water partition coefficient (Wildman–Crippen LogP) is 2.76. The van der Waals surface area contributed by atoms with Crippen molar-refractivity contribution < 1.29 is 14.3 Å². The average molecular weight is 277 g/mol. The Morgan fingerprint density at radius 2 is 2.10 bits per heavy atom. The third-order valence-corrected chi connectivity index (χ3v) is 3.76. The van der Waals surface area contributed by atoms with Crippen molar-refractivity contribution in [1.29, 1.82) is 0 Å². The lowest BCUT2D eigenvalue weighted by atomic mass is 10.1. The highest BCUT2D eigenvalue weighted by Crippen LogP contribution is 2.33. The van der Waals surface area contributed by atoms with Gasteiger partial charge in [0.2, 0.25) is 0 Å². The van der Waals surface area contributed by atoms with Gasteiger partial charge < -0.3 is 14.4 Å². The first-order valence-corrected chi connectivity index (χ1v) is 7.15. The summed E-state index contributed by atoms with van der Waals surface area (Å²) in [6.45, 7) is 3.68. The number of hydrogen-bond donors (Lipinski definition) is 0. The van der Waals surface area contributed by atoms with E-state index in [1.807, 2.05) is 12.1 Å². The second-order valence-corrected chi connectivity index (χ2v) is 5.37. The van der Waals surface area contributed by atoms with Crippen molar-refractivity contribution in [2.75, 3.05) is 27.2 Å². The number of rotatable bonds is 4. The highest BCUT2D eigenvalue weighted by Gasteiger charge is 2.21. The standard InChI is InChI=1S/C16H23NO3/c1-12(18)14-7-4-8-15(19-3)16(14)20-13-6-5-10-17(2)11-9-13/h4,7-8,13H,5-6,9-11H2,1-3H3. The third kappa shape index (κ3) is 3.51. The summed E-state index contributed by atoms with van der Waals surface area (Å²) in [5.41, 5.74) is 0.599. The van der Waals surface area contributed by atoms with E-state index in [1.54, 1.807) is 20.1 Å². The molecule has 1 heterocycles. The number of benzene rings is 1. The largest absolute Gasteiger partial charge is 0.493 e. The van der Waals surface area contributed by atoms with Crippen LogP contribution in [0.15, 0.2) is 18.2 Å². The van der Waals surface area contributed by atoms with Gasteiger partial charge in [-0.15, -0.1) is 0 Å². The number of likely N-dealkylation sites (tertiary alicyclic amines) is 1. The molecule has 0 spiro atoms. The van der Waals surface area contributed by atoms with E-state index in [0.717, 1.165) is 32.4 Å². The molecule has 4 nitrogen and oxygen atoms in total. The van der Waals surface area contributed by atoms with Gasteiger partial charge in [-0.1, -0.05) is 6.07 Å². The first-order valence-electron chi connectivity index (χ1n) is 7.15. The van der Waals surface area contributed by atoms with Gasteiger partial charge in [0.1, 0.15) is 6.10 Å². The summed E-state index contributed by atoms with van der Waals surface area (Å²) in [6, 6.07) is 5.46. The summed E-state index contributed by atoms with van der Waals surface area (Å²) in [7, 11) is 3.74. The van der Waals surface area contributed by atoms with Gasteiger partial charge in [0.05, 0.1) is 12.7 Å². The number of hydrogen-bond acceptors (Lipinski definition) is 4. The molecule has 1 saturated heterocycles. The Bertz CT molecular complexity index is 473. The molecule has 0 N–H and O–H groups in total. The molecule has 1 fully saturated rings. The second-order valence-electron chi connectivity index (χ2n) is 5.37. The zero-order valence-electron chi connectivity index (χ0n) is 12.5. The Balaban J connectivity index is 2.20. The fraction of sp³-hybridized carbons (Fsp3) is 0.562. The van der Waals surface area contributed by atoms with E-state index in [-0.39, 0.29) is 11.9 Å². The monoisotopic (exact) mass is 277 g/mol. The Kier molecular flexibility index (Phi) is 5.01. The number of Topliss-reactive ketones (excluding diaryl/α,β-unsaturated/α-hetero) is 1. The van der Waals surface area contributed by atoms with Crippen LogP contribution in [0.25, 0.3) is 0 Å². The molecule has 1 aliphatic heterocycles. The maximum Gasteiger partial charge on any atom is 0.172 e. The first kappa shape index (κ1) is 14.9. The van der Waals surface area contributed by atoms with Crippen LogP contribution < -0.4 is 9.47 Å². The van der Waals surface area contributed by atoms with Crippen LogP contribution in [0.2, 0.25) is 0 Å². The molecule has 0 aromatic heterocycles.